The summed E-state index contributed by atoms with van der Waals surface area (Å²) in [6.07, 6.45) is -3.23. The van der Waals surface area contributed by atoms with E-state index in [0.29, 0.717) is 16.2 Å². The predicted molar refractivity (Wildman–Crippen MR) is 126 cm³/mol. The van der Waals surface area contributed by atoms with E-state index < -0.39 is 23.4 Å². The Balaban J connectivity index is 1.79. The van der Waals surface area contributed by atoms with Crippen molar-refractivity contribution in [1.29, 1.82) is 0 Å². The van der Waals surface area contributed by atoms with Crippen molar-refractivity contribution >= 4 is 39.9 Å². The van der Waals surface area contributed by atoms with Crippen LogP contribution in [0.4, 0.5) is 18.9 Å². The average Bonchev–Trinajstić information content (AvgIpc) is 3.10. The molecular formula is C25H19ClF3N3O3. The van der Waals surface area contributed by atoms with Gasteiger partial charge in [-0.25, -0.2) is 4.98 Å². The molecule has 2 aromatic carbocycles. The van der Waals surface area contributed by atoms with Crippen molar-refractivity contribution < 1.29 is 27.5 Å². The van der Waals surface area contributed by atoms with Crippen LogP contribution in [0, 0.1) is 6.92 Å². The maximum absolute atomic E-state index is 13.5. The quantitative estimate of drug-likeness (QED) is 0.264. The smallest absolute Gasteiger partial charge is 0.416 e. The number of benzene rings is 2. The number of pyridine rings is 1. The van der Waals surface area contributed by atoms with Gasteiger partial charge in [-0.15, -0.1) is 0 Å². The number of hydrogen-bond donors (Lipinski definition) is 1. The van der Waals surface area contributed by atoms with Crippen LogP contribution in [-0.4, -0.2) is 28.4 Å². The highest BCUT2D eigenvalue weighted by Gasteiger charge is 2.33. The number of Topliss-reactive ketones (excluding diaryl/α,β-unsaturated/α-hetero) is 1. The molecule has 1 amide bonds. The molecule has 0 atom stereocenters. The molecule has 4 aromatic rings. The van der Waals surface area contributed by atoms with Gasteiger partial charge >= 0.3 is 6.18 Å². The molecule has 6 nitrogen and oxygen atoms in total. The first-order chi connectivity index (χ1) is 16.6. The Morgan fingerprint density at radius 3 is 2.46 bits per heavy atom. The van der Waals surface area contributed by atoms with Gasteiger partial charge in [-0.05, 0) is 48.9 Å². The van der Waals surface area contributed by atoms with E-state index in [4.69, 9.17) is 16.3 Å². The largest absolute Gasteiger partial charge is 0.481 e. The van der Waals surface area contributed by atoms with E-state index in [1.807, 2.05) is 0 Å². The number of nitrogens with zero attached hydrogens (tertiary/aromatic N) is 2. The van der Waals surface area contributed by atoms with E-state index in [0.717, 1.165) is 17.7 Å². The molecule has 1 N–H and O–H groups in total. The van der Waals surface area contributed by atoms with Gasteiger partial charge < -0.3 is 14.6 Å². The van der Waals surface area contributed by atoms with Crippen LogP contribution in [0.1, 0.15) is 27.2 Å². The molecule has 2 aromatic heterocycles. The van der Waals surface area contributed by atoms with E-state index in [9.17, 15) is 22.8 Å². The van der Waals surface area contributed by atoms with Crippen molar-refractivity contribution in [3.63, 3.8) is 0 Å². The van der Waals surface area contributed by atoms with Crippen molar-refractivity contribution in [2.75, 3.05) is 12.4 Å². The Morgan fingerprint density at radius 2 is 1.80 bits per heavy atom. The summed E-state index contributed by atoms with van der Waals surface area (Å²) in [5.74, 6) is -1.73. The Bertz CT molecular complexity index is 1430. The molecule has 0 saturated heterocycles. The number of methoxy groups -OCH3 is 1. The number of amides is 1. The first-order valence-corrected chi connectivity index (χ1v) is 10.8. The Morgan fingerprint density at radius 1 is 1.09 bits per heavy atom. The van der Waals surface area contributed by atoms with E-state index in [1.54, 1.807) is 35.8 Å². The lowest BCUT2D eigenvalue weighted by Crippen LogP contribution is -2.23. The third kappa shape index (κ3) is 5.00. The number of carbonyl (C=O) groups is 2. The van der Waals surface area contributed by atoms with Gasteiger partial charge in [-0.2, -0.15) is 13.2 Å². The fraction of sp³-hybridized carbons (Fsp3) is 0.160. The number of hydrogen-bond acceptors (Lipinski definition) is 4. The monoisotopic (exact) mass is 501 g/mol. The Kier molecular flexibility index (Phi) is 6.53. The number of alkyl halides is 3. The van der Waals surface area contributed by atoms with Crippen LogP contribution in [0.2, 0.25) is 5.02 Å². The fourth-order valence-electron chi connectivity index (χ4n) is 3.82. The number of fused-ring (bicyclic) bond motifs is 1. The fourth-order valence-corrected chi connectivity index (χ4v) is 3.95. The van der Waals surface area contributed by atoms with E-state index >= 15 is 0 Å². The molecular weight excluding hydrogens is 483 g/mol. The molecule has 0 aliphatic heterocycles. The lowest BCUT2D eigenvalue weighted by atomic mass is 10.0. The van der Waals surface area contributed by atoms with Crippen LogP contribution in [0.25, 0.3) is 10.9 Å². The number of ketones is 1. The van der Waals surface area contributed by atoms with E-state index in [-0.39, 0.29) is 29.1 Å². The number of anilines is 1. The molecule has 0 saturated carbocycles. The number of carbonyl (C=O) groups excluding carboxylic acids is 2. The Hall–Kier alpha value is -3.85. The average molecular weight is 502 g/mol. The third-order valence-electron chi connectivity index (χ3n) is 5.54. The molecule has 0 unspecified atom stereocenters. The third-order valence-corrected chi connectivity index (χ3v) is 5.79. The summed E-state index contributed by atoms with van der Waals surface area (Å²) in [7, 11) is 1.40. The zero-order valence-corrected chi connectivity index (χ0v) is 19.4. The van der Waals surface area contributed by atoms with Gasteiger partial charge in [-0.1, -0.05) is 23.7 Å². The summed E-state index contributed by atoms with van der Waals surface area (Å²) < 4.78 is 47.1. The second kappa shape index (κ2) is 9.42. The first kappa shape index (κ1) is 24.3. The zero-order valence-electron chi connectivity index (χ0n) is 18.6. The van der Waals surface area contributed by atoms with Crippen LogP contribution >= 0.6 is 11.6 Å². The summed E-state index contributed by atoms with van der Waals surface area (Å²) in [6, 6.07) is 13.0. The molecule has 0 aliphatic rings. The summed E-state index contributed by atoms with van der Waals surface area (Å²) >= 11 is 5.95. The number of nitrogens with one attached hydrogen (secondary N) is 1. The Labute approximate surface area is 203 Å². The van der Waals surface area contributed by atoms with Gasteiger partial charge in [0.05, 0.1) is 18.2 Å². The van der Waals surface area contributed by atoms with Crippen molar-refractivity contribution in [3.05, 3.63) is 88.2 Å². The molecule has 0 spiro atoms. The first-order valence-electron chi connectivity index (χ1n) is 10.4. The minimum atomic E-state index is -4.61. The second-order valence-corrected chi connectivity index (χ2v) is 8.21. The van der Waals surface area contributed by atoms with Crippen molar-refractivity contribution in [1.82, 2.24) is 9.55 Å². The molecule has 0 radical (unpaired) electrons. The molecule has 4 rings (SSSR count). The maximum atomic E-state index is 13.5. The second-order valence-electron chi connectivity index (χ2n) is 7.77. The highest BCUT2D eigenvalue weighted by Crippen LogP contribution is 2.35. The van der Waals surface area contributed by atoms with Crippen LogP contribution in [0.15, 0.2) is 60.8 Å². The molecule has 0 fully saturated rings. The van der Waals surface area contributed by atoms with Gasteiger partial charge in [0.25, 0.3) is 11.7 Å². The van der Waals surface area contributed by atoms with Crippen LogP contribution in [0.3, 0.4) is 0 Å². The molecule has 180 valence electrons. The lowest BCUT2D eigenvalue weighted by Gasteiger charge is -2.10. The van der Waals surface area contributed by atoms with E-state index in [2.05, 4.69) is 10.3 Å². The summed E-state index contributed by atoms with van der Waals surface area (Å²) in [6.45, 7) is 1.86. The number of ether oxygens (including phenoxy) is 1. The van der Waals surface area contributed by atoms with E-state index in [1.165, 1.54) is 31.5 Å². The van der Waals surface area contributed by atoms with Crippen molar-refractivity contribution in [2.24, 2.45) is 0 Å². The van der Waals surface area contributed by atoms with Gasteiger partial charge in [0.15, 0.2) is 0 Å². The molecule has 2 heterocycles. The van der Waals surface area contributed by atoms with Gasteiger partial charge in [0, 0.05) is 46.1 Å². The van der Waals surface area contributed by atoms with Gasteiger partial charge in [0.2, 0.25) is 5.88 Å². The maximum Gasteiger partial charge on any atom is 0.416 e. The summed E-state index contributed by atoms with van der Waals surface area (Å²) in [4.78, 5) is 30.0. The van der Waals surface area contributed by atoms with Crippen LogP contribution < -0.4 is 10.1 Å². The molecule has 0 bridgehead atoms. The number of aromatic nitrogens is 2. The highest BCUT2D eigenvalue weighted by atomic mass is 35.5. The standard InChI is InChI=1S/C25H19ClF3N3O3/c1-14-22(23(33)24(34)31-18-9-10-30-21(12-18)35-2)19-11-16(25(27,28)29)5-8-20(19)32(14)13-15-3-6-17(26)7-4-15/h3-12H,13H2,1-2H3,(H,30,31,34). The van der Waals surface area contributed by atoms with Gasteiger partial charge in [-0.3, -0.25) is 9.59 Å². The molecule has 0 aliphatic carbocycles. The normalized spacial score (nSPS) is 11.5. The minimum Gasteiger partial charge on any atom is -0.481 e. The van der Waals surface area contributed by atoms with Crippen LogP contribution in [-0.2, 0) is 17.5 Å². The SMILES string of the molecule is COc1cc(NC(=O)C(=O)c2c(C)n(Cc3ccc(Cl)cc3)c3ccc(C(F)(F)F)cc23)ccn1. The predicted octanol–water partition coefficient (Wildman–Crippen LogP) is 5.90. The van der Waals surface area contributed by atoms with Crippen molar-refractivity contribution in [3.8, 4) is 5.88 Å². The topological polar surface area (TPSA) is 73.2 Å². The van der Waals surface area contributed by atoms with Crippen molar-refractivity contribution in [2.45, 2.75) is 19.6 Å². The lowest BCUT2D eigenvalue weighted by molar-refractivity contribution is -0.137. The minimum absolute atomic E-state index is 0.0405. The molecule has 10 heteroatoms. The molecule has 35 heavy (non-hydrogen) atoms. The van der Waals surface area contributed by atoms with Crippen LogP contribution in [0.5, 0.6) is 5.88 Å². The number of halogens is 4. The highest BCUT2D eigenvalue weighted by molar-refractivity contribution is 6.48. The van der Waals surface area contributed by atoms with Gasteiger partial charge in [0.1, 0.15) is 0 Å². The summed E-state index contributed by atoms with van der Waals surface area (Å²) in [5, 5.41) is 3.04. The zero-order chi connectivity index (χ0) is 25.3. The summed E-state index contributed by atoms with van der Waals surface area (Å²) in [5.41, 5.74) is 0.824. The number of rotatable bonds is 6.